The van der Waals surface area contributed by atoms with Gasteiger partial charge in [0.15, 0.2) is 11.6 Å². The van der Waals surface area contributed by atoms with Crippen molar-refractivity contribution in [1.82, 2.24) is 0 Å². The van der Waals surface area contributed by atoms with Crippen LogP contribution in [0.2, 0.25) is 0 Å². The Kier molecular flexibility index (Phi) is 9.28. The first-order valence-electron chi connectivity index (χ1n) is 13.6. The molecule has 0 N–H and O–H groups in total. The van der Waals surface area contributed by atoms with Crippen LogP contribution in [0.15, 0.2) is 55.1 Å². The summed E-state index contributed by atoms with van der Waals surface area (Å²) in [4.78, 5) is 12.6. The maximum absolute atomic E-state index is 15.0. The summed E-state index contributed by atoms with van der Waals surface area (Å²) in [5, 5.41) is 0. The lowest BCUT2D eigenvalue weighted by molar-refractivity contribution is 0.0721. The Morgan fingerprint density at radius 3 is 2.54 bits per heavy atom. The number of fused-ring (bicyclic) bond motifs is 1. The van der Waals surface area contributed by atoms with E-state index in [2.05, 4.69) is 25.7 Å². The average molecular weight is 511 g/mol. The predicted octanol–water partition coefficient (Wildman–Crippen LogP) is 9.10. The highest BCUT2D eigenvalue weighted by atomic mass is 19.2. The minimum Gasteiger partial charge on any atom is -0.420 e. The molecule has 2 aliphatic carbocycles. The molecule has 0 radical (unpaired) electrons. The topological polar surface area (TPSA) is 26.3 Å². The summed E-state index contributed by atoms with van der Waals surface area (Å²) < 4.78 is 48.8. The van der Waals surface area contributed by atoms with E-state index in [-0.39, 0.29) is 23.5 Å². The second-order valence-electron chi connectivity index (χ2n) is 10.7. The molecule has 2 aromatic rings. The molecule has 4 rings (SSSR count). The number of halogens is 3. The number of rotatable bonds is 9. The summed E-state index contributed by atoms with van der Waals surface area (Å²) >= 11 is 0. The monoisotopic (exact) mass is 510 g/mol. The largest absolute Gasteiger partial charge is 0.420 e. The van der Waals surface area contributed by atoms with Gasteiger partial charge in [-0.25, -0.2) is 13.6 Å². The summed E-state index contributed by atoms with van der Waals surface area (Å²) in [5.74, 6) is -2.07. The van der Waals surface area contributed by atoms with Gasteiger partial charge in [-0.1, -0.05) is 36.8 Å². The molecule has 5 heteroatoms. The van der Waals surface area contributed by atoms with Crippen molar-refractivity contribution in [2.45, 2.75) is 77.0 Å². The Labute approximate surface area is 218 Å². The van der Waals surface area contributed by atoms with Crippen molar-refractivity contribution >= 4 is 5.97 Å². The Bertz CT molecular complexity index is 1140. The van der Waals surface area contributed by atoms with Gasteiger partial charge in [0, 0.05) is 0 Å². The third-order valence-electron chi connectivity index (χ3n) is 8.33. The first-order chi connectivity index (χ1) is 17.9. The number of hydrogen-bond acceptors (Lipinski definition) is 2. The second-order valence-corrected chi connectivity index (χ2v) is 10.7. The van der Waals surface area contributed by atoms with E-state index < -0.39 is 29.2 Å². The number of aryl methyl sites for hydroxylation is 1. The van der Waals surface area contributed by atoms with E-state index in [9.17, 15) is 18.0 Å². The van der Waals surface area contributed by atoms with Gasteiger partial charge in [-0.05, 0) is 118 Å². The van der Waals surface area contributed by atoms with Gasteiger partial charge in [-0.15, -0.1) is 6.58 Å². The van der Waals surface area contributed by atoms with Crippen LogP contribution in [0.3, 0.4) is 0 Å². The lowest BCUT2D eigenvalue weighted by Gasteiger charge is -2.42. The minimum atomic E-state index is -1.25. The molecule has 0 saturated heterocycles. The number of allylic oxidation sites excluding steroid dienone is 3. The average Bonchev–Trinajstić information content (AvgIpc) is 2.90. The van der Waals surface area contributed by atoms with Crippen LogP contribution in [-0.4, -0.2) is 5.97 Å². The van der Waals surface area contributed by atoms with Gasteiger partial charge in [0.1, 0.15) is 5.82 Å². The van der Waals surface area contributed by atoms with Crippen LogP contribution in [0.1, 0.15) is 92.1 Å². The molecule has 0 bridgehead atoms. The summed E-state index contributed by atoms with van der Waals surface area (Å²) in [5.41, 5.74) is 0.783. The molecule has 0 amide bonds. The van der Waals surface area contributed by atoms with Gasteiger partial charge in [-0.3, -0.25) is 0 Å². The third kappa shape index (κ3) is 6.55. The molecule has 0 spiro atoms. The Hall–Kier alpha value is -2.82. The van der Waals surface area contributed by atoms with E-state index in [1.165, 1.54) is 49.9 Å². The van der Waals surface area contributed by atoms with Gasteiger partial charge < -0.3 is 4.74 Å². The number of benzene rings is 2. The second kappa shape index (κ2) is 12.6. The summed E-state index contributed by atoms with van der Waals surface area (Å²) in [6, 6.07) is 7.18. The smallest absolute Gasteiger partial charge is 0.346 e. The maximum atomic E-state index is 15.0. The number of carbonyl (C=O) groups is 1. The molecular weight excluding hydrogens is 473 g/mol. The molecule has 4 atom stereocenters. The SMILES string of the molecule is C=CCCc1ccc(OC(=O)c2ccc(C3CCC4CC(CC/C=C/C)CCC4C3)cc2F)c(F)c1F. The molecule has 2 fully saturated rings. The van der Waals surface area contributed by atoms with Crippen molar-refractivity contribution in [1.29, 1.82) is 0 Å². The van der Waals surface area contributed by atoms with Crippen LogP contribution in [0, 0.1) is 35.2 Å². The Balaban J connectivity index is 1.37. The fourth-order valence-corrected chi connectivity index (χ4v) is 6.26. The maximum Gasteiger partial charge on any atom is 0.346 e. The summed E-state index contributed by atoms with van der Waals surface area (Å²) in [7, 11) is 0. The predicted molar refractivity (Wildman–Crippen MR) is 141 cm³/mol. The van der Waals surface area contributed by atoms with Crippen molar-refractivity contribution in [3.63, 3.8) is 0 Å². The minimum absolute atomic E-state index is 0.171. The molecule has 2 aliphatic rings. The quantitative estimate of drug-likeness (QED) is 0.191. The zero-order chi connectivity index (χ0) is 26.4. The van der Waals surface area contributed by atoms with Crippen LogP contribution in [0.5, 0.6) is 5.75 Å². The fraction of sp³-hybridized carbons (Fsp3) is 0.469. The van der Waals surface area contributed by atoms with Gasteiger partial charge in [-0.2, -0.15) is 4.39 Å². The molecule has 2 aromatic carbocycles. The first kappa shape index (κ1) is 27.2. The number of esters is 1. The first-order valence-corrected chi connectivity index (χ1v) is 13.6. The number of ether oxygens (including phenoxy) is 1. The molecule has 0 aromatic heterocycles. The van der Waals surface area contributed by atoms with Gasteiger partial charge in [0.05, 0.1) is 5.56 Å². The molecule has 4 unspecified atom stereocenters. The van der Waals surface area contributed by atoms with E-state index in [0.29, 0.717) is 12.3 Å². The van der Waals surface area contributed by atoms with Crippen LogP contribution < -0.4 is 4.74 Å². The summed E-state index contributed by atoms with van der Waals surface area (Å²) in [6.45, 7) is 5.64. The van der Waals surface area contributed by atoms with Crippen LogP contribution >= 0.6 is 0 Å². The standard InChI is InChI=1S/C32H37F3O2/c1-3-5-7-8-21-10-11-24-19-25(13-12-23(24)18-21)26-14-16-27(28(33)20-26)32(36)37-29-17-15-22(9-6-4-2)30(34)31(29)35/h3-5,14-17,20-21,23-25H,2,6-13,18-19H2,1H3/b5-3+. The van der Waals surface area contributed by atoms with Crippen LogP contribution in [0.25, 0.3) is 0 Å². The third-order valence-corrected chi connectivity index (χ3v) is 8.33. The van der Waals surface area contributed by atoms with Crippen LogP contribution in [0.4, 0.5) is 13.2 Å². The lowest BCUT2D eigenvalue weighted by atomic mass is 9.63. The van der Waals surface area contributed by atoms with E-state index in [1.54, 1.807) is 12.1 Å². The van der Waals surface area contributed by atoms with E-state index in [1.807, 2.05) is 0 Å². The number of carbonyl (C=O) groups excluding carboxylic acids is 1. The van der Waals surface area contributed by atoms with Gasteiger partial charge >= 0.3 is 5.97 Å². The zero-order valence-corrected chi connectivity index (χ0v) is 21.7. The highest BCUT2D eigenvalue weighted by Gasteiger charge is 2.36. The zero-order valence-electron chi connectivity index (χ0n) is 21.7. The van der Waals surface area contributed by atoms with Crippen LogP contribution in [-0.2, 0) is 6.42 Å². The summed E-state index contributed by atoms with van der Waals surface area (Å²) in [6.07, 6.45) is 16.3. The van der Waals surface area contributed by atoms with Crippen molar-refractivity contribution in [3.8, 4) is 5.75 Å². The van der Waals surface area contributed by atoms with Crippen molar-refractivity contribution in [2.75, 3.05) is 0 Å². The molecule has 37 heavy (non-hydrogen) atoms. The van der Waals surface area contributed by atoms with E-state index in [4.69, 9.17) is 4.74 Å². The normalized spacial score (nSPS) is 23.6. The Morgan fingerprint density at radius 2 is 1.78 bits per heavy atom. The molecule has 0 heterocycles. The molecule has 0 aliphatic heterocycles. The highest BCUT2D eigenvalue weighted by molar-refractivity contribution is 5.91. The molecular formula is C32H37F3O2. The lowest BCUT2D eigenvalue weighted by Crippen LogP contribution is -2.30. The van der Waals surface area contributed by atoms with Gasteiger partial charge in [0.25, 0.3) is 0 Å². The van der Waals surface area contributed by atoms with E-state index >= 15 is 0 Å². The van der Waals surface area contributed by atoms with Crippen molar-refractivity contribution < 1.29 is 22.7 Å². The Morgan fingerprint density at radius 1 is 1.00 bits per heavy atom. The molecule has 198 valence electrons. The van der Waals surface area contributed by atoms with Crippen molar-refractivity contribution in [2.24, 2.45) is 17.8 Å². The molecule has 2 nitrogen and oxygen atoms in total. The number of hydrogen-bond donors (Lipinski definition) is 0. The molecule has 2 saturated carbocycles. The highest BCUT2D eigenvalue weighted by Crippen LogP contribution is 2.48. The van der Waals surface area contributed by atoms with Gasteiger partial charge in [0.2, 0.25) is 5.82 Å². The van der Waals surface area contributed by atoms with E-state index in [0.717, 1.165) is 43.1 Å². The van der Waals surface area contributed by atoms with Crippen molar-refractivity contribution in [3.05, 3.63) is 89.3 Å². The fourth-order valence-electron chi connectivity index (χ4n) is 6.26.